The fraction of sp³-hybridized carbons (Fsp3) is 0.529. The van der Waals surface area contributed by atoms with E-state index in [9.17, 15) is 0 Å². The first-order valence-electron chi connectivity index (χ1n) is 8.17. The summed E-state index contributed by atoms with van der Waals surface area (Å²) in [4.78, 5) is 6.85. The zero-order chi connectivity index (χ0) is 15.0. The van der Waals surface area contributed by atoms with E-state index in [2.05, 4.69) is 44.7 Å². The molecular formula is C17H24N4O. The molecule has 0 saturated carbocycles. The minimum atomic E-state index is 0.815. The van der Waals surface area contributed by atoms with Gasteiger partial charge in [0, 0.05) is 31.7 Å². The van der Waals surface area contributed by atoms with Gasteiger partial charge in [-0.25, -0.2) is 0 Å². The molecule has 22 heavy (non-hydrogen) atoms. The quantitative estimate of drug-likeness (QED) is 0.689. The van der Waals surface area contributed by atoms with Crippen molar-refractivity contribution in [2.75, 3.05) is 37.7 Å². The lowest BCUT2D eigenvalue weighted by Crippen LogP contribution is -2.36. The van der Waals surface area contributed by atoms with E-state index in [1.54, 1.807) is 0 Å². The predicted molar refractivity (Wildman–Crippen MR) is 91.0 cm³/mol. The molecule has 1 aromatic carbocycles. The molecule has 0 spiro atoms. The van der Waals surface area contributed by atoms with Crippen LogP contribution in [0, 0.1) is 0 Å². The number of benzene rings is 1. The molecule has 0 radical (unpaired) electrons. The molecule has 1 aromatic rings. The standard InChI is InChI=1S/C17H24N4O/c1-2-4-17(18-9-3-1)20-19-14-15-5-7-16(8-6-15)21-10-12-22-13-11-21/h5-8,14H,1-4,9-13H2,(H,18,20)/b19-14-. The van der Waals surface area contributed by atoms with Gasteiger partial charge < -0.3 is 9.64 Å². The maximum Gasteiger partial charge on any atom is 0.117 e. The van der Waals surface area contributed by atoms with Gasteiger partial charge in [0.2, 0.25) is 0 Å². The van der Waals surface area contributed by atoms with E-state index in [-0.39, 0.29) is 0 Å². The van der Waals surface area contributed by atoms with Gasteiger partial charge in [-0.3, -0.25) is 10.4 Å². The largest absolute Gasteiger partial charge is 0.378 e. The highest BCUT2D eigenvalue weighted by Crippen LogP contribution is 2.16. The molecule has 0 aromatic heterocycles. The van der Waals surface area contributed by atoms with Crippen LogP contribution in [0.1, 0.15) is 31.2 Å². The average Bonchev–Trinajstić information content (AvgIpc) is 2.85. The van der Waals surface area contributed by atoms with Crippen molar-refractivity contribution in [2.45, 2.75) is 25.7 Å². The van der Waals surface area contributed by atoms with Crippen LogP contribution in [0.5, 0.6) is 0 Å². The molecule has 1 fully saturated rings. The second-order valence-electron chi connectivity index (χ2n) is 5.70. The highest BCUT2D eigenvalue weighted by Gasteiger charge is 2.10. The van der Waals surface area contributed by atoms with Crippen molar-refractivity contribution in [1.29, 1.82) is 0 Å². The molecule has 0 atom stereocenters. The number of ether oxygens (including phenoxy) is 1. The molecule has 2 aliphatic heterocycles. The number of nitrogens with one attached hydrogen (secondary N) is 1. The summed E-state index contributed by atoms with van der Waals surface area (Å²) in [5.74, 6) is 1.01. The van der Waals surface area contributed by atoms with Gasteiger partial charge in [0.05, 0.1) is 19.4 Å². The Morgan fingerprint density at radius 1 is 1.09 bits per heavy atom. The normalized spacial score (nSPS) is 19.8. The Morgan fingerprint density at radius 3 is 2.73 bits per heavy atom. The fourth-order valence-electron chi connectivity index (χ4n) is 2.74. The summed E-state index contributed by atoms with van der Waals surface area (Å²) in [6.07, 6.45) is 6.53. The van der Waals surface area contributed by atoms with E-state index in [0.717, 1.165) is 50.7 Å². The van der Waals surface area contributed by atoms with Crippen molar-refractivity contribution in [1.82, 2.24) is 5.43 Å². The van der Waals surface area contributed by atoms with Crippen molar-refractivity contribution in [3.05, 3.63) is 29.8 Å². The van der Waals surface area contributed by atoms with Crippen LogP contribution in [0.25, 0.3) is 0 Å². The summed E-state index contributed by atoms with van der Waals surface area (Å²) in [6, 6.07) is 8.50. The number of hydrogen-bond donors (Lipinski definition) is 1. The summed E-state index contributed by atoms with van der Waals surface area (Å²) in [5, 5.41) is 4.31. The topological polar surface area (TPSA) is 49.2 Å². The molecule has 5 heteroatoms. The molecule has 0 amide bonds. The molecule has 3 rings (SSSR count). The van der Waals surface area contributed by atoms with Crippen molar-refractivity contribution >= 4 is 17.7 Å². The van der Waals surface area contributed by atoms with Crippen molar-refractivity contribution in [2.24, 2.45) is 10.1 Å². The van der Waals surface area contributed by atoms with E-state index < -0.39 is 0 Å². The Bertz CT molecular complexity index is 518. The van der Waals surface area contributed by atoms with E-state index in [0.29, 0.717) is 0 Å². The minimum Gasteiger partial charge on any atom is -0.378 e. The van der Waals surface area contributed by atoms with Crippen molar-refractivity contribution < 1.29 is 4.74 Å². The number of hydrogen-bond acceptors (Lipinski definition) is 5. The number of amidine groups is 1. The Morgan fingerprint density at radius 2 is 1.91 bits per heavy atom. The maximum atomic E-state index is 5.38. The molecule has 1 N–H and O–H groups in total. The SMILES string of the molecule is C(=N/NC1=NCCCCC1)/c1ccc(N2CCOCC2)cc1. The first kappa shape index (κ1) is 15.0. The molecule has 5 nitrogen and oxygen atoms in total. The molecule has 0 unspecified atom stereocenters. The zero-order valence-corrected chi connectivity index (χ0v) is 13.0. The third-order valence-corrected chi connectivity index (χ3v) is 4.05. The molecule has 118 valence electrons. The molecule has 0 aliphatic carbocycles. The number of anilines is 1. The van der Waals surface area contributed by atoms with Gasteiger partial charge in [0.25, 0.3) is 0 Å². The third kappa shape index (κ3) is 4.31. The third-order valence-electron chi connectivity index (χ3n) is 4.05. The number of aliphatic imine (C=N–C) groups is 1. The van der Waals surface area contributed by atoms with Crippen molar-refractivity contribution in [3.63, 3.8) is 0 Å². The van der Waals surface area contributed by atoms with Crippen LogP contribution in [0.3, 0.4) is 0 Å². The molecule has 2 heterocycles. The number of nitrogens with zero attached hydrogens (tertiary/aromatic N) is 3. The van der Waals surface area contributed by atoms with Crippen molar-refractivity contribution in [3.8, 4) is 0 Å². The second kappa shape index (κ2) is 7.94. The summed E-state index contributed by atoms with van der Waals surface area (Å²) in [6.45, 7) is 4.49. The van der Waals surface area contributed by atoms with Gasteiger partial charge in [0.1, 0.15) is 5.84 Å². The fourth-order valence-corrected chi connectivity index (χ4v) is 2.74. The summed E-state index contributed by atoms with van der Waals surface area (Å²) < 4.78 is 5.38. The lowest BCUT2D eigenvalue weighted by molar-refractivity contribution is 0.122. The van der Waals surface area contributed by atoms with Gasteiger partial charge in [-0.2, -0.15) is 5.10 Å². The van der Waals surface area contributed by atoms with E-state index in [1.807, 2.05) is 6.21 Å². The summed E-state index contributed by atoms with van der Waals surface area (Å²) in [5.41, 5.74) is 5.43. The maximum absolute atomic E-state index is 5.38. The van der Waals surface area contributed by atoms with Crippen LogP contribution in [-0.4, -0.2) is 44.9 Å². The Kier molecular flexibility index (Phi) is 5.42. The number of hydrazone groups is 1. The van der Waals surface area contributed by atoms with Gasteiger partial charge in [-0.15, -0.1) is 0 Å². The van der Waals surface area contributed by atoms with Gasteiger partial charge in [-0.05, 0) is 30.5 Å². The second-order valence-corrected chi connectivity index (χ2v) is 5.70. The van der Waals surface area contributed by atoms with Crippen LogP contribution < -0.4 is 10.3 Å². The first-order chi connectivity index (χ1) is 10.9. The van der Waals surface area contributed by atoms with Crippen LogP contribution in [-0.2, 0) is 4.74 Å². The summed E-state index contributed by atoms with van der Waals surface area (Å²) in [7, 11) is 0. The Labute approximate surface area is 132 Å². The molecular weight excluding hydrogens is 276 g/mol. The van der Waals surface area contributed by atoms with Crippen LogP contribution in [0.4, 0.5) is 5.69 Å². The van der Waals surface area contributed by atoms with E-state index in [4.69, 9.17) is 4.74 Å². The van der Waals surface area contributed by atoms with E-state index in [1.165, 1.54) is 24.9 Å². The zero-order valence-electron chi connectivity index (χ0n) is 13.0. The highest BCUT2D eigenvalue weighted by atomic mass is 16.5. The van der Waals surface area contributed by atoms with E-state index >= 15 is 0 Å². The van der Waals surface area contributed by atoms with Gasteiger partial charge in [-0.1, -0.05) is 18.6 Å². The van der Waals surface area contributed by atoms with Gasteiger partial charge in [0.15, 0.2) is 0 Å². The van der Waals surface area contributed by atoms with Crippen LogP contribution >= 0.6 is 0 Å². The summed E-state index contributed by atoms with van der Waals surface area (Å²) >= 11 is 0. The van der Waals surface area contributed by atoms with Crippen LogP contribution in [0.15, 0.2) is 34.4 Å². The van der Waals surface area contributed by atoms with Gasteiger partial charge >= 0.3 is 0 Å². The predicted octanol–water partition coefficient (Wildman–Crippen LogP) is 2.42. The molecule has 1 saturated heterocycles. The smallest absolute Gasteiger partial charge is 0.117 e. The number of rotatable bonds is 3. The Hall–Kier alpha value is -1.88. The first-order valence-corrected chi connectivity index (χ1v) is 8.17. The lowest BCUT2D eigenvalue weighted by Gasteiger charge is -2.28. The molecule has 2 aliphatic rings. The lowest BCUT2D eigenvalue weighted by atomic mass is 10.2. The minimum absolute atomic E-state index is 0.815. The monoisotopic (exact) mass is 300 g/mol. The Balaban J connectivity index is 1.53. The number of morpholine rings is 1. The van der Waals surface area contributed by atoms with Crippen LogP contribution in [0.2, 0.25) is 0 Å². The average molecular weight is 300 g/mol. The highest BCUT2D eigenvalue weighted by molar-refractivity contribution is 5.85. The molecule has 0 bridgehead atoms.